The molecule has 0 aliphatic carbocycles. The average molecular weight is 236 g/mol. The van der Waals surface area contributed by atoms with Crippen LogP contribution in [0.25, 0.3) is 0 Å². The van der Waals surface area contributed by atoms with Gasteiger partial charge in [-0.05, 0) is 25.5 Å². The summed E-state index contributed by atoms with van der Waals surface area (Å²) in [6.45, 7) is 3.50. The first-order valence-corrected chi connectivity index (χ1v) is 6.22. The van der Waals surface area contributed by atoms with Gasteiger partial charge in [-0.25, -0.2) is 9.18 Å². The van der Waals surface area contributed by atoms with Crippen molar-refractivity contribution in [3.63, 3.8) is 0 Å². The van der Waals surface area contributed by atoms with E-state index >= 15 is 0 Å². The molecule has 1 fully saturated rings. The number of hydrogen-bond donors (Lipinski definition) is 1. The van der Waals surface area contributed by atoms with Gasteiger partial charge in [0.2, 0.25) is 6.17 Å². The number of ether oxygens (including phenoxy) is 1. The van der Waals surface area contributed by atoms with Crippen LogP contribution in [0, 0.1) is 0 Å². The lowest BCUT2D eigenvalue weighted by atomic mass is 9.88. The zero-order valence-corrected chi connectivity index (χ0v) is 9.85. The first-order chi connectivity index (χ1) is 7.02. The molecule has 1 saturated heterocycles. The van der Waals surface area contributed by atoms with Gasteiger partial charge in [-0.1, -0.05) is 6.92 Å². The van der Waals surface area contributed by atoms with E-state index in [-0.39, 0.29) is 11.9 Å². The first-order valence-electron chi connectivity index (χ1n) is 5.17. The summed E-state index contributed by atoms with van der Waals surface area (Å²) in [7, 11) is 0. The Morgan fingerprint density at radius 2 is 2.47 bits per heavy atom. The number of aliphatic hydroxyl groups is 1. The Bertz CT molecular complexity index is 237. The smallest absolute Gasteiger partial charge is 0.343 e. The molecule has 1 aliphatic heterocycles. The van der Waals surface area contributed by atoms with Crippen LogP contribution in [-0.2, 0) is 9.53 Å². The molecule has 0 spiro atoms. The highest BCUT2D eigenvalue weighted by atomic mass is 32.2. The number of esters is 1. The number of halogens is 1. The van der Waals surface area contributed by atoms with Crippen LogP contribution in [0.5, 0.6) is 0 Å². The normalized spacial score (nSPS) is 33.5. The SMILES string of the molecule is CCOC(=O)C(F)C1(O)CCCSC1C. The molecule has 3 atom stereocenters. The summed E-state index contributed by atoms with van der Waals surface area (Å²) in [4.78, 5) is 11.2. The molecule has 15 heavy (non-hydrogen) atoms. The van der Waals surface area contributed by atoms with E-state index in [0.29, 0.717) is 6.42 Å². The number of carbonyl (C=O) groups is 1. The summed E-state index contributed by atoms with van der Waals surface area (Å²) in [6.07, 6.45) is -0.882. The summed E-state index contributed by atoms with van der Waals surface area (Å²) in [5, 5.41) is 9.84. The molecule has 0 bridgehead atoms. The molecule has 3 nitrogen and oxygen atoms in total. The zero-order valence-electron chi connectivity index (χ0n) is 9.03. The Balaban J connectivity index is 2.69. The largest absolute Gasteiger partial charge is 0.464 e. The van der Waals surface area contributed by atoms with Gasteiger partial charge in [-0.3, -0.25) is 0 Å². The second-order valence-corrected chi connectivity index (χ2v) is 5.17. The maximum Gasteiger partial charge on any atom is 0.343 e. The molecular formula is C10H17FO3S. The van der Waals surface area contributed by atoms with Crippen molar-refractivity contribution in [2.45, 2.75) is 43.7 Å². The van der Waals surface area contributed by atoms with Gasteiger partial charge in [0.15, 0.2) is 0 Å². The second kappa shape index (κ2) is 5.16. The van der Waals surface area contributed by atoms with Gasteiger partial charge >= 0.3 is 5.97 Å². The minimum absolute atomic E-state index is 0.136. The fourth-order valence-electron chi connectivity index (χ4n) is 1.72. The van der Waals surface area contributed by atoms with Gasteiger partial charge in [0.25, 0.3) is 0 Å². The number of thioether (sulfide) groups is 1. The molecule has 0 aromatic heterocycles. The van der Waals surface area contributed by atoms with Crippen molar-refractivity contribution < 1.29 is 19.0 Å². The van der Waals surface area contributed by atoms with Crippen LogP contribution in [0.1, 0.15) is 26.7 Å². The van der Waals surface area contributed by atoms with Gasteiger partial charge in [-0.2, -0.15) is 11.8 Å². The Kier molecular flexibility index (Phi) is 4.40. The molecular weight excluding hydrogens is 219 g/mol. The molecule has 0 saturated carbocycles. The molecule has 88 valence electrons. The van der Waals surface area contributed by atoms with Crippen LogP contribution in [0.4, 0.5) is 4.39 Å². The van der Waals surface area contributed by atoms with Crippen LogP contribution < -0.4 is 0 Å². The lowest BCUT2D eigenvalue weighted by Gasteiger charge is -2.38. The molecule has 3 unspecified atom stereocenters. The second-order valence-electron chi connectivity index (χ2n) is 3.72. The van der Waals surface area contributed by atoms with Crippen molar-refractivity contribution >= 4 is 17.7 Å². The van der Waals surface area contributed by atoms with Gasteiger partial charge < -0.3 is 9.84 Å². The van der Waals surface area contributed by atoms with E-state index in [1.54, 1.807) is 13.8 Å². The number of rotatable bonds is 3. The van der Waals surface area contributed by atoms with Gasteiger partial charge in [-0.15, -0.1) is 0 Å². The fraction of sp³-hybridized carbons (Fsp3) is 0.900. The van der Waals surface area contributed by atoms with Crippen LogP contribution in [-0.4, -0.2) is 40.5 Å². The third kappa shape index (κ3) is 2.64. The van der Waals surface area contributed by atoms with Crippen LogP contribution in [0.3, 0.4) is 0 Å². The topological polar surface area (TPSA) is 46.5 Å². The quantitative estimate of drug-likeness (QED) is 0.755. The van der Waals surface area contributed by atoms with Crippen molar-refractivity contribution in [3.8, 4) is 0 Å². The van der Waals surface area contributed by atoms with E-state index in [0.717, 1.165) is 12.2 Å². The van der Waals surface area contributed by atoms with E-state index in [2.05, 4.69) is 4.74 Å². The molecule has 0 radical (unpaired) electrons. The molecule has 0 aromatic carbocycles. The minimum Gasteiger partial charge on any atom is -0.464 e. The van der Waals surface area contributed by atoms with E-state index in [9.17, 15) is 14.3 Å². The Morgan fingerprint density at radius 1 is 1.80 bits per heavy atom. The number of alkyl halides is 1. The maximum atomic E-state index is 13.8. The molecule has 0 amide bonds. The highest BCUT2D eigenvalue weighted by molar-refractivity contribution is 8.00. The average Bonchev–Trinajstić information content (AvgIpc) is 2.22. The fourth-order valence-corrected chi connectivity index (χ4v) is 2.91. The summed E-state index contributed by atoms with van der Waals surface area (Å²) >= 11 is 1.49. The van der Waals surface area contributed by atoms with Gasteiger partial charge in [0.05, 0.1) is 6.61 Å². The molecule has 1 heterocycles. The molecule has 1 N–H and O–H groups in total. The highest BCUT2D eigenvalue weighted by Gasteiger charge is 2.48. The van der Waals surface area contributed by atoms with E-state index in [1.807, 2.05) is 0 Å². The highest BCUT2D eigenvalue weighted by Crippen LogP contribution is 2.37. The van der Waals surface area contributed by atoms with Crippen molar-refractivity contribution in [2.24, 2.45) is 0 Å². The molecule has 5 heteroatoms. The Labute approximate surface area is 93.4 Å². The third-order valence-electron chi connectivity index (χ3n) is 2.73. The maximum absolute atomic E-state index is 13.8. The van der Waals surface area contributed by atoms with Gasteiger partial charge in [0, 0.05) is 5.25 Å². The van der Waals surface area contributed by atoms with Crippen LogP contribution in [0.15, 0.2) is 0 Å². The van der Waals surface area contributed by atoms with Crippen LogP contribution in [0.2, 0.25) is 0 Å². The lowest BCUT2D eigenvalue weighted by Crippen LogP contribution is -2.53. The Hall–Kier alpha value is -0.290. The van der Waals surface area contributed by atoms with E-state index < -0.39 is 17.7 Å². The third-order valence-corrected chi connectivity index (χ3v) is 4.16. The lowest BCUT2D eigenvalue weighted by molar-refractivity contribution is -0.161. The summed E-state index contributed by atoms with van der Waals surface area (Å²) in [6, 6.07) is 0. The van der Waals surface area contributed by atoms with Crippen molar-refractivity contribution in [3.05, 3.63) is 0 Å². The monoisotopic (exact) mass is 236 g/mol. The first kappa shape index (κ1) is 12.8. The Morgan fingerprint density at radius 3 is 3.00 bits per heavy atom. The van der Waals surface area contributed by atoms with Crippen molar-refractivity contribution in [2.75, 3.05) is 12.4 Å². The van der Waals surface area contributed by atoms with E-state index in [4.69, 9.17) is 0 Å². The predicted octanol–water partition coefficient (Wildman–Crippen LogP) is 1.53. The summed E-state index contributed by atoms with van der Waals surface area (Å²) in [5.74, 6) is -0.0479. The summed E-state index contributed by atoms with van der Waals surface area (Å²) in [5.41, 5.74) is -1.56. The van der Waals surface area contributed by atoms with Gasteiger partial charge in [0.1, 0.15) is 5.60 Å². The number of hydrogen-bond acceptors (Lipinski definition) is 4. The van der Waals surface area contributed by atoms with Crippen molar-refractivity contribution in [1.82, 2.24) is 0 Å². The zero-order chi connectivity index (χ0) is 11.5. The van der Waals surface area contributed by atoms with Crippen LogP contribution >= 0.6 is 11.8 Å². The molecule has 1 aliphatic rings. The predicted molar refractivity (Wildman–Crippen MR) is 57.6 cm³/mol. The molecule has 1 rings (SSSR count). The summed E-state index contributed by atoms with van der Waals surface area (Å²) < 4.78 is 18.4. The number of carbonyl (C=O) groups excluding carboxylic acids is 1. The standard InChI is InChI=1S/C10H17FO3S/c1-3-14-9(12)8(11)10(13)5-4-6-15-7(10)2/h7-8,13H,3-6H2,1-2H3. The minimum atomic E-state index is -1.93. The molecule has 0 aromatic rings. The van der Waals surface area contributed by atoms with Crippen molar-refractivity contribution in [1.29, 1.82) is 0 Å². The van der Waals surface area contributed by atoms with E-state index in [1.165, 1.54) is 11.8 Å².